The molecule has 0 radical (unpaired) electrons. The lowest BCUT2D eigenvalue weighted by atomic mass is 10.1. The van der Waals surface area contributed by atoms with E-state index in [1.165, 1.54) is 23.1 Å². The molecular formula is C21H18FN3OS. The van der Waals surface area contributed by atoms with E-state index in [0.29, 0.717) is 17.3 Å². The van der Waals surface area contributed by atoms with E-state index in [-0.39, 0.29) is 11.1 Å². The lowest BCUT2D eigenvalue weighted by molar-refractivity contribution is 0.509. The smallest absolute Gasteiger partial charge is 0.247 e. The number of benzene rings is 2. The number of aromatic nitrogens is 3. The van der Waals surface area contributed by atoms with Crippen LogP contribution in [0.15, 0.2) is 58.0 Å². The second-order valence-electron chi connectivity index (χ2n) is 6.46. The molecule has 0 spiro atoms. The quantitative estimate of drug-likeness (QED) is 0.414. The second-order valence-corrected chi connectivity index (χ2v) is 7.82. The summed E-state index contributed by atoms with van der Waals surface area (Å²) in [6.45, 7) is 6.17. The molecule has 0 fully saturated rings. The van der Waals surface area contributed by atoms with Gasteiger partial charge in [0.2, 0.25) is 11.8 Å². The number of rotatable bonds is 4. The van der Waals surface area contributed by atoms with E-state index in [1.807, 2.05) is 6.92 Å². The number of aryl methyl sites for hydroxylation is 2. The number of halogens is 1. The fraction of sp³-hybridized carbons (Fsp3) is 0.190. The van der Waals surface area contributed by atoms with Crippen molar-refractivity contribution in [2.45, 2.75) is 31.0 Å². The fourth-order valence-corrected chi connectivity index (χ4v) is 3.88. The molecule has 136 valence electrons. The van der Waals surface area contributed by atoms with E-state index in [0.717, 1.165) is 16.1 Å². The molecule has 0 aliphatic heterocycles. The SMILES string of the molecule is Cc1cc(S[C@@H](C)c2nnc(-c3ccc(F)cc3)o2)nc2c(C)cccc12. The van der Waals surface area contributed by atoms with Crippen molar-refractivity contribution in [1.29, 1.82) is 0 Å². The van der Waals surface area contributed by atoms with Crippen LogP contribution < -0.4 is 0 Å². The van der Waals surface area contributed by atoms with Gasteiger partial charge in [0.05, 0.1) is 15.8 Å². The average molecular weight is 379 g/mol. The molecule has 2 heterocycles. The van der Waals surface area contributed by atoms with Crippen molar-refractivity contribution in [3.63, 3.8) is 0 Å². The molecule has 2 aromatic heterocycles. The van der Waals surface area contributed by atoms with E-state index in [2.05, 4.69) is 48.3 Å². The van der Waals surface area contributed by atoms with Crippen LogP contribution in [-0.4, -0.2) is 15.2 Å². The standard InChI is InChI=1S/C21H18FN3OS/c1-12-5-4-6-17-13(2)11-18(23-19(12)17)27-14(3)20-24-25-21(26-20)15-7-9-16(22)10-8-15/h4-11,14H,1-3H3/t14-/m0/s1. The molecule has 0 N–H and O–H groups in total. The van der Waals surface area contributed by atoms with Crippen LogP contribution in [0.2, 0.25) is 0 Å². The van der Waals surface area contributed by atoms with Crippen LogP contribution in [0.4, 0.5) is 4.39 Å². The van der Waals surface area contributed by atoms with Crippen LogP contribution in [-0.2, 0) is 0 Å². The molecule has 4 nitrogen and oxygen atoms in total. The number of hydrogen-bond acceptors (Lipinski definition) is 5. The Balaban J connectivity index is 1.59. The first-order valence-electron chi connectivity index (χ1n) is 8.64. The maximum absolute atomic E-state index is 13.1. The van der Waals surface area contributed by atoms with Gasteiger partial charge in [-0.05, 0) is 62.2 Å². The zero-order valence-electron chi connectivity index (χ0n) is 15.2. The molecule has 0 unspecified atom stereocenters. The minimum absolute atomic E-state index is 0.0555. The summed E-state index contributed by atoms with van der Waals surface area (Å²) in [6, 6.07) is 14.3. The van der Waals surface area contributed by atoms with E-state index in [4.69, 9.17) is 9.40 Å². The average Bonchev–Trinajstić information content (AvgIpc) is 3.14. The van der Waals surface area contributed by atoms with Gasteiger partial charge in [-0.1, -0.05) is 30.0 Å². The van der Waals surface area contributed by atoms with Gasteiger partial charge in [0.15, 0.2) is 0 Å². The number of nitrogens with zero attached hydrogens (tertiary/aromatic N) is 3. The van der Waals surface area contributed by atoms with Crippen LogP contribution in [0, 0.1) is 19.7 Å². The minimum atomic E-state index is -0.296. The predicted octanol–water partition coefficient (Wildman–Crippen LogP) is 5.89. The van der Waals surface area contributed by atoms with Crippen LogP contribution in [0.3, 0.4) is 0 Å². The summed E-state index contributed by atoms with van der Waals surface area (Å²) in [5.41, 5.74) is 4.06. The molecule has 0 amide bonds. The largest absolute Gasteiger partial charge is 0.419 e. The Bertz CT molecular complexity index is 1110. The Morgan fingerprint density at radius 2 is 1.78 bits per heavy atom. The molecule has 6 heteroatoms. The van der Waals surface area contributed by atoms with Crippen molar-refractivity contribution in [1.82, 2.24) is 15.2 Å². The summed E-state index contributed by atoms with van der Waals surface area (Å²) >= 11 is 1.58. The van der Waals surface area contributed by atoms with Crippen LogP contribution in [0.1, 0.15) is 29.2 Å². The Hall–Kier alpha value is -2.73. The van der Waals surface area contributed by atoms with Gasteiger partial charge in [-0.2, -0.15) is 0 Å². The molecule has 4 rings (SSSR count). The highest BCUT2D eigenvalue weighted by atomic mass is 32.2. The van der Waals surface area contributed by atoms with Crippen LogP contribution >= 0.6 is 11.8 Å². The predicted molar refractivity (Wildman–Crippen MR) is 105 cm³/mol. The van der Waals surface area contributed by atoms with Crippen molar-refractivity contribution < 1.29 is 8.81 Å². The normalized spacial score (nSPS) is 12.4. The summed E-state index contributed by atoms with van der Waals surface area (Å²) < 4.78 is 18.9. The number of pyridine rings is 1. The Morgan fingerprint density at radius 1 is 1.00 bits per heavy atom. The zero-order chi connectivity index (χ0) is 19.0. The molecular weight excluding hydrogens is 361 g/mol. The lowest BCUT2D eigenvalue weighted by Gasteiger charge is -2.10. The molecule has 0 bridgehead atoms. The number of thioether (sulfide) groups is 1. The maximum Gasteiger partial charge on any atom is 0.247 e. The first-order valence-corrected chi connectivity index (χ1v) is 9.52. The summed E-state index contributed by atoms with van der Waals surface area (Å²) in [7, 11) is 0. The molecule has 2 aromatic carbocycles. The van der Waals surface area contributed by atoms with E-state index >= 15 is 0 Å². The first kappa shape index (κ1) is 17.7. The number of fused-ring (bicyclic) bond motifs is 1. The van der Waals surface area contributed by atoms with E-state index < -0.39 is 0 Å². The summed E-state index contributed by atoms with van der Waals surface area (Å²) in [6.07, 6.45) is 0. The Labute approximate surface area is 160 Å². The van der Waals surface area contributed by atoms with Crippen LogP contribution in [0.25, 0.3) is 22.4 Å². The molecule has 0 saturated carbocycles. The second kappa shape index (κ2) is 7.12. The van der Waals surface area contributed by atoms with Gasteiger partial charge in [0, 0.05) is 10.9 Å². The highest BCUT2D eigenvalue weighted by molar-refractivity contribution is 7.99. The molecule has 0 saturated heterocycles. The molecule has 0 aliphatic carbocycles. The van der Waals surface area contributed by atoms with Gasteiger partial charge in [-0.15, -0.1) is 10.2 Å². The first-order chi connectivity index (χ1) is 13.0. The van der Waals surface area contributed by atoms with Gasteiger partial charge < -0.3 is 4.42 Å². The van der Waals surface area contributed by atoms with Gasteiger partial charge in [0.25, 0.3) is 0 Å². The lowest BCUT2D eigenvalue weighted by Crippen LogP contribution is -1.93. The summed E-state index contributed by atoms with van der Waals surface area (Å²) in [5, 5.41) is 10.3. The van der Waals surface area contributed by atoms with E-state index in [9.17, 15) is 4.39 Å². The van der Waals surface area contributed by atoms with Crippen molar-refractivity contribution in [3.05, 3.63) is 71.4 Å². The third-order valence-corrected chi connectivity index (χ3v) is 5.41. The third-order valence-electron chi connectivity index (χ3n) is 4.40. The van der Waals surface area contributed by atoms with E-state index in [1.54, 1.807) is 23.9 Å². The highest BCUT2D eigenvalue weighted by Crippen LogP contribution is 2.36. The Kier molecular flexibility index (Phi) is 4.66. The molecule has 0 aliphatic rings. The van der Waals surface area contributed by atoms with Crippen molar-refractivity contribution in [2.24, 2.45) is 0 Å². The summed E-state index contributed by atoms with van der Waals surface area (Å²) in [5.74, 6) is 0.607. The Morgan fingerprint density at radius 3 is 2.56 bits per heavy atom. The van der Waals surface area contributed by atoms with Gasteiger partial charge in [0.1, 0.15) is 5.82 Å². The van der Waals surface area contributed by atoms with Crippen molar-refractivity contribution in [2.75, 3.05) is 0 Å². The maximum atomic E-state index is 13.1. The summed E-state index contributed by atoms with van der Waals surface area (Å²) in [4.78, 5) is 4.81. The third kappa shape index (κ3) is 3.57. The van der Waals surface area contributed by atoms with Crippen molar-refractivity contribution >= 4 is 22.7 Å². The molecule has 1 atom stereocenters. The minimum Gasteiger partial charge on any atom is -0.419 e. The van der Waals surface area contributed by atoms with Gasteiger partial charge in [-0.25, -0.2) is 9.37 Å². The topological polar surface area (TPSA) is 51.8 Å². The molecule has 27 heavy (non-hydrogen) atoms. The number of para-hydroxylation sites is 1. The monoisotopic (exact) mass is 379 g/mol. The van der Waals surface area contributed by atoms with Gasteiger partial charge in [-0.3, -0.25) is 0 Å². The van der Waals surface area contributed by atoms with Crippen molar-refractivity contribution in [3.8, 4) is 11.5 Å². The highest BCUT2D eigenvalue weighted by Gasteiger charge is 2.18. The molecule has 4 aromatic rings. The van der Waals surface area contributed by atoms with Crippen LogP contribution in [0.5, 0.6) is 0 Å². The zero-order valence-corrected chi connectivity index (χ0v) is 16.0. The van der Waals surface area contributed by atoms with Gasteiger partial charge >= 0.3 is 0 Å². The fourth-order valence-electron chi connectivity index (χ4n) is 2.93. The number of hydrogen-bond donors (Lipinski definition) is 0.